The van der Waals surface area contributed by atoms with Crippen LogP contribution in [0.2, 0.25) is 0 Å². The number of aliphatic carboxylic acids is 1. The molecule has 7 heteroatoms. The Morgan fingerprint density at radius 1 is 0.917 bits per heavy atom. The van der Waals surface area contributed by atoms with Crippen molar-refractivity contribution in [3.63, 3.8) is 0 Å². The molecule has 2 N–H and O–H groups in total. The van der Waals surface area contributed by atoms with Crippen molar-refractivity contribution in [1.29, 1.82) is 0 Å². The number of unbranched alkanes of at least 4 members (excludes halogenated alkanes) is 2. The third kappa shape index (κ3) is 8.64. The number of ether oxygens (including phenoxy) is 1. The molecule has 0 fully saturated rings. The van der Waals surface area contributed by atoms with Gasteiger partial charge < -0.3 is 15.2 Å². The smallest absolute Gasteiger partial charge is 0.326 e. The molecule has 0 aliphatic rings. The Balaban J connectivity index is 1.69. The van der Waals surface area contributed by atoms with Crippen molar-refractivity contribution in [2.24, 2.45) is 0 Å². The fraction of sp³-hybridized carbons (Fsp3) is 0.310. The highest BCUT2D eigenvalue weighted by molar-refractivity contribution is 7.99. The second-order valence-corrected chi connectivity index (χ2v) is 9.62. The standard InChI is InChI=1S/C29H34N2O4S/c1-3-5-18-31(29(34)30-23-12-14-25(15-13-23)35-19-6-4-2)24-8-7-9-27(21-24)36-26-16-10-22(11-17-26)20-28(32)33/h7-17,21H,3-6,18-20H2,1-2H3,(H,30,34)(H,32,33). The number of carboxylic acids is 1. The number of carbonyl (C=O) groups excluding carboxylic acids is 1. The van der Waals surface area contributed by atoms with Crippen molar-refractivity contribution in [1.82, 2.24) is 0 Å². The molecule has 0 saturated heterocycles. The van der Waals surface area contributed by atoms with Crippen molar-refractivity contribution in [2.45, 2.75) is 55.7 Å². The highest BCUT2D eigenvalue weighted by atomic mass is 32.2. The topological polar surface area (TPSA) is 78.9 Å². The maximum atomic E-state index is 13.2. The zero-order valence-corrected chi connectivity index (χ0v) is 21.7. The molecule has 0 saturated carbocycles. The predicted molar refractivity (Wildman–Crippen MR) is 146 cm³/mol. The number of anilines is 2. The van der Waals surface area contributed by atoms with Crippen LogP contribution in [0.5, 0.6) is 5.75 Å². The van der Waals surface area contributed by atoms with E-state index < -0.39 is 5.97 Å². The maximum Gasteiger partial charge on any atom is 0.326 e. The summed E-state index contributed by atoms with van der Waals surface area (Å²) in [5.41, 5.74) is 2.31. The van der Waals surface area contributed by atoms with Gasteiger partial charge in [0.05, 0.1) is 13.0 Å². The first-order chi connectivity index (χ1) is 17.5. The van der Waals surface area contributed by atoms with Gasteiger partial charge in [-0.25, -0.2) is 4.79 Å². The fourth-order valence-corrected chi connectivity index (χ4v) is 4.40. The van der Waals surface area contributed by atoms with E-state index in [1.54, 1.807) is 16.7 Å². The first kappa shape index (κ1) is 27.1. The van der Waals surface area contributed by atoms with Gasteiger partial charge in [0.1, 0.15) is 5.75 Å². The number of carbonyl (C=O) groups is 2. The SMILES string of the molecule is CCCCOc1ccc(NC(=O)N(CCCC)c2cccc(Sc3ccc(CC(=O)O)cc3)c2)cc1. The van der Waals surface area contributed by atoms with E-state index in [1.807, 2.05) is 72.8 Å². The summed E-state index contributed by atoms with van der Waals surface area (Å²) < 4.78 is 5.71. The minimum atomic E-state index is -0.843. The minimum Gasteiger partial charge on any atom is -0.494 e. The van der Waals surface area contributed by atoms with Crippen LogP contribution in [0.25, 0.3) is 0 Å². The zero-order valence-electron chi connectivity index (χ0n) is 20.9. The Kier molecular flexibility index (Phi) is 10.7. The van der Waals surface area contributed by atoms with Crippen LogP contribution in [0.4, 0.5) is 16.2 Å². The Hall–Kier alpha value is -3.45. The quantitative estimate of drug-likeness (QED) is 0.235. The Morgan fingerprint density at radius 2 is 1.64 bits per heavy atom. The van der Waals surface area contributed by atoms with Crippen LogP contribution in [0.1, 0.15) is 45.1 Å². The van der Waals surface area contributed by atoms with Gasteiger partial charge in [0.15, 0.2) is 0 Å². The van der Waals surface area contributed by atoms with Crippen LogP contribution in [-0.2, 0) is 11.2 Å². The molecular formula is C29H34N2O4S. The van der Waals surface area contributed by atoms with E-state index in [0.717, 1.165) is 58.2 Å². The summed E-state index contributed by atoms with van der Waals surface area (Å²) >= 11 is 1.58. The summed E-state index contributed by atoms with van der Waals surface area (Å²) in [7, 11) is 0. The number of hydrogen-bond acceptors (Lipinski definition) is 4. The van der Waals surface area contributed by atoms with Crippen molar-refractivity contribution >= 4 is 35.1 Å². The highest BCUT2D eigenvalue weighted by Gasteiger charge is 2.16. The number of nitrogens with one attached hydrogen (secondary N) is 1. The molecule has 0 spiro atoms. The van der Waals surface area contributed by atoms with Gasteiger partial charge >= 0.3 is 12.0 Å². The number of urea groups is 1. The maximum absolute atomic E-state index is 13.2. The summed E-state index contributed by atoms with van der Waals surface area (Å²) in [6.45, 7) is 5.53. The van der Waals surface area contributed by atoms with Gasteiger partial charge in [-0.1, -0.05) is 56.7 Å². The van der Waals surface area contributed by atoms with Crippen molar-refractivity contribution in [2.75, 3.05) is 23.4 Å². The van der Waals surface area contributed by atoms with Crippen molar-refractivity contribution in [3.8, 4) is 5.75 Å². The second kappa shape index (κ2) is 14.2. The lowest BCUT2D eigenvalue weighted by atomic mass is 10.2. The summed E-state index contributed by atoms with van der Waals surface area (Å²) in [5.74, 6) is -0.0465. The summed E-state index contributed by atoms with van der Waals surface area (Å²) in [4.78, 5) is 27.9. The molecular weight excluding hydrogens is 472 g/mol. The molecule has 0 aliphatic heterocycles. The van der Waals surface area contributed by atoms with Gasteiger partial charge in [-0.3, -0.25) is 9.69 Å². The number of benzene rings is 3. The molecule has 3 aromatic carbocycles. The molecule has 2 amide bonds. The second-order valence-electron chi connectivity index (χ2n) is 8.48. The van der Waals surface area contributed by atoms with Crippen LogP contribution >= 0.6 is 11.8 Å². The van der Waals surface area contributed by atoms with E-state index in [0.29, 0.717) is 13.2 Å². The van der Waals surface area contributed by atoms with E-state index in [1.165, 1.54) is 0 Å². The van der Waals surface area contributed by atoms with E-state index in [-0.39, 0.29) is 12.5 Å². The first-order valence-corrected chi connectivity index (χ1v) is 13.2. The molecule has 3 aromatic rings. The molecule has 190 valence electrons. The molecule has 6 nitrogen and oxygen atoms in total. The molecule has 0 aliphatic carbocycles. The summed E-state index contributed by atoms with van der Waals surface area (Å²) in [6, 6.07) is 22.7. The highest BCUT2D eigenvalue weighted by Crippen LogP contribution is 2.31. The Bertz CT molecular complexity index is 1120. The molecule has 36 heavy (non-hydrogen) atoms. The zero-order chi connectivity index (χ0) is 25.8. The largest absolute Gasteiger partial charge is 0.494 e. The molecule has 0 aromatic heterocycles. The first-order valence-electron chi connectivity index (χ1n) is 12.4. The Morgan fingerprint density at radius 3 is 2.31 bits per heavy atom. The van der Waals surface area contributed by atoms with Crippen LogP contribution in [0.3, 0.4) is 0 Å². The van der Waals surface area contributed by atoms with E-state index in [4.69, 9.17) is 9.84 Å². The summed E-state index contributed by atoms with van der Waals surface area (Å²) in [5, 5.41) is 12.0. The molecule has 0 heterocycles. The van der Waals surface area contributed by atoms with Crippen molar-refractivity contribution in [3.05, 3.63) is 78.4 Å². The van der Waals surface area contributed by atoms with Crippen LogP contribution in [0, 0.1) is 0 Å². The number of hydrogen-bond donors (Lipinski definition) is 2. The van der Waals surface area contributed by atoms with Crippen LogP contribution in [-0.4, -0.2) is 30.3 Å². The van der Waals surface area contributed by atoms with Gasteiger partial charge in [-0.05, 0) is 73.0 Å². The number of amides is 2. The molecule has 0 unspecified atom stereocenters. The van der Waals surface area contributed by atoms with Crippen LogP contribution in [0.15, 0.2) is 82.6 Å². The van der Waals surface area contributed by atoms with Gasteiger partial charge in [0.2, 0.25) is 0 Å². The van der Waals surface area contributed by atoms with Gasteiger partial charge in [0.25, 0.3) is 0 Å². The lowest BCUT2D eigenvalue weighted by Crippen LogP contribution is -2.35. The van der Waals surface area contributed by atoms with E-state index in [9.17, 15) is 9.59 Å². The van der Waals surface area contributed by atoms with Gasteiger partial charge in [-0.2, -0.15) is 0 Å². The van der Waals surface area contributed by atoms with Crippen molar-refractivity contribution < 1.29 is 19.4 Å². The third-order valence-corrected chi connectivity index (χ3v) is 6.49. The average molecular weight is 507 g/mol. The van der Waals surface area contributed by atoms with Crippen LogP contribution < -0.4 is 15.0 Å². The minimum absolute atomic E-state index is 0.0105. The number of rotatable bonds is 13. The lowest BCUT2D eigenvalue weighted by Gasteiger charge is -2.24. The van der Waals surface area contributed by atoms with Gasteiger partial charge in [-0.15, -0.1) is 0 Å². The normalized spacial score (nSPS) is 10.6. The van der Waals surface area contributed by atoms with Gasteiger partial charge in [0, 0.05) is 27.7 Å². The number of carboxylic acid groups (broad SMARTS) is 1. The third-order valence-electron chi connectivity index (χ3n) is 5.50. The monoisotopic (exact) mass is 506 g/mol. The van der Waals surface area contributed by atoms with E-state index >= 15 is 0 Å². The molecule has 3 rings (SSSR count). The lowest BCUT2D eigenvalue weighted by molar-refractivity contribution is -0.136. The Labute approximate surface area is 217 Å². The predicted octanol–water partition coefficient (Wildman–Crippen LogP) is 7.48. The molecule has 0 radical (unpaired) electrons. The molecule has 0 atom stereocenters. The van der Waals surface area contributed by atoms with E-state index in [2.05, 4.69) is 19.2 Å². The molecule has 0 bridgehead atoms. The summed E-state index contributed by atoms with van der Waals surface area (Å²) in [6.07, 6.45) is 3.97. The number of nitrogens with zero attached hydrogens (tertiary/aromatic N) is 1. The average Bonchev–Trinajstić information content (AvgIpc) is 2.87. The fourth-order valence-electron chi connectivity index (χ4n) is 3.52.